The van der Waals surface area contributed by atoms with E-state index in [0.717, 1.165) is 35.5 Å². The van der Waals surface area contributed by atoms with Crippen molar-refractivity contribution in [3.8, 4) is 0 Å². The molecule has 0 aromatic carbocycles. The molecule has 0 spiro atoms. The van der Waals surface area contributed by atoms with Crippen molar-refractivity contribution in [3.05, 3.63) is 23.7 Å². The average molecular weight is 282 g/mol. The number of aromatic nitrogens is 3. The molecular formula is C14H20ClN3O. The summed E-state index contributed by atoms with van der Waals surface area (Å²) in [6, 6.07) is 4.21. The molecule has 0 aliphatic rings. The lowest BCUT2D eigenvalue weighted by molar-refractivity contribution is 0.151. The minimum absolute atomic E-state index is 0.239. The van der Waals surface area contributed by atoms with Gasteiger partial charge in [0.05, 0.1) is 18.5 Å². The number of nitrogens with zero attached hydrogens (tertiary/aromatic N) is 3. The minimum Gasteiger partial charge on any atom is -0.383 e. The van der Waals surface area contributed by atoms with Crippen molar-refractivity contribution in [1.82, 2.24) is 14.5 Å². The number of alkyl halides is 1. The average Bonchev–Trinajstić information content (AvgIpc) is 2.76. The number of aryl methyl sites for hydroxylation is 1. The van der Waals surface area contributed by atoms with Crippen LogP contribution >= 0.6 is 11.6 Å². The van der Waals surface area contributed by atoms with E-state index in [-0.39, 0.29) is 6.04 Å². The van der Waals surface area contributed by atoms with Gasteiger partial charge in [-0.3, -0.25) is 0 Å². The molecule has 0 N–H and O–H groups in total. The van der Waals surface area contributed by atoms with Gasteiger partial charge in [0, 0.05) is 12.8 Å². The number of methoxy groups -OCH3 is 1. The highest BCUT2D eigenvalue weighted by atomic mass is 35.5. The summed E-state index contributed by atoms with van der Waals surface area (Å²) in [5.41, 5.74) is 2.80. The third-order valence-electron chi connectivity index (χ3n) is 3.22. The molecule has 2 rings (SSSR count). The molecule has 2 heterocycles. The van der Waals surface area contributed by atoms with Gasteiger partial charge in [0.25, 0.3) is 0 Å². The molecule has 0 bridgehead atoms. The third kappa shape index (κ3) is 2.90. The van der Waals surface area contributed by atoms with E-state index < -0.39 is 0 Å². The van der Waals surface area contributed by atoms with Gasteiger partial charge < -0.3 is 9.30 Å². The molecule has 104 valence electrons. The Morgan fingerprint density at radius 2 is 2.16 bits per heavy atom. The molecule has 0 radical (unpaired) electrons. The summed E-state index contributed by atoms with van der Waals surface area (Å²) in [5, 5.41) is 0. The molecule has 1 atom stereocenters. The van der Waals surface area contributed by atoms with E-state index in [1.165, 1.54) is 0 Å². The molecule has 0 aliphatic heterocycles. The normalized spacial score (nSPS) is 13.1. The molecule has 0 aliphatic carbocycles. The Morgan fingerprint density at radius 3 is 2.79 bits per heavy atom. The predicted octanol–water partition coefficient (Wildman–Crippen LogP) is 3.47. The Morgan fingerprint density at radius 1 is 1.37 bits per heavy atom. The Balaban J connectivity index is 2.56. The van der Waals surface area contributed by atoms with Gasteiger partial charge in [-0.2, -0.15) is 0 Å². The standard InChI is InChI=1S/C14H20ClN3O/c1-4-5-11(9-19-3)18-13(8-15)17-12-7-6-10(2)16-14(12)18/h6-7,11H,4-5,8-9H2,1-3H3. The van der Waals surface area contributed by atoms with Crippen molar-refractivity contribution in [3.63, 3.8) is 0 Å². The van der Waals surface area contributed by atoms with E-state index in [4.69, 9.17) is 16.3 Å². The Bertz CT molecular complexity index is 547. The second-order valence-corrected chi connectivity index (χ2v) is 4.99. The monoisotopic (exact) mass is 281 g/mol. The second kappa shape index (κ2) is 6.35. The van der Waals surface area contributed by atoms with Crippen LogP contribution in [0.1, 0.15) is 37.3 Å². The summed E-state index contributed by atoms with van der Waals surface area (Å²) in [6.07, 6.45) is 2.11. The van der Waals surface area contributed by atoms with Crippen LogP contribution in [0, 0.1) is 6.92 Å². The van der Waals surface area contributed by atoms with E-state index in [1.807, 2.05) is 19.1 Å². The number of pyridine rings is 1. The molecular weight excluding hydrogens is 262 g/mol. The first kappa shape index (κ1) is 14.3. The van der Waals surface area contributed by atoms with Crippen LogP contribution in [0.5, 0.6) is 0 Å². The van der Waals surface area contributed by atoms with Crippen LogP contribution < -0.4 is 0 Å². The highest BCUT2D eigenvalue weighted by Gasteiger charge is 2.19. The summed E-state index contributed by atoms with van der Waals surface area (Å²) >= 11 is 6.04. The maximum Gasteiger partial charge on any atom is 0.160 e. The van der Waals surface area contributed by atoms with Gasteiger partial charge in [-0.05, 0) is 25.5 Å². The fourth-order valence-electron chi connectivity index (χ4n) is 2.41. The Kier molecular flexibility index (Phi) is 4.77. The van der Waals surface area contributed by atoms with Crippen molar-refractivity contribution in [2.45, 2.75) is 38.6 Å². The highest BCUT2D eigenvalue weighted by molar-refractivity contribution is 6.16. The third-order valence-corrected chi connectivity index (χ3v) is 3.45. The largest absolute Gasteiger partial charge is 0.383 e. The van der Waals surface area contributed by atoms with Crippen LogP contribution in [0.25, 0.3) is 11.2 Å². The number of hydrogen-bond donors (Lipinski definition) is 0. The lowest BCUT2D eigenvalue weighted by atomic mass is 10.1. The molecule has 2 aromatic rings. The molecule has 1 unspecified atom stereocenters. The number of fused-ring (bicyclic) bond motifs is 1. The van der Waals surface area contributed by atoms with E-state index >= 15 is 0 Å². The number of rotatable bonds is 6. The van der Waals surface area contributed by atoms with Gasteiger partial charge in [0.1, 0.15) is 11.3 Å². The van der Waals surface area contributed by atoms with Crippen LogP contribution in [0.4, 0.5) is 0 Å². The predicted molar refractivity (Wildman–Crippen MR) is 77.6 cm³/mol. The van der Waals surface area contributed by atoms with Crippen LogP contribution in [0.15, 0.2) is 12.1 Å². The smallest absolute Gasteiger partial charge is 0.160 e. The van der Waals surface area contributed by atoms with E-state index in [2.05, 4.69) is 21.5 Å². The first-order valence-corrected chi connectivity index (χ1v) is 7.14. The quantitative estimate of drug-likeness (QED) is 0.761. The zero-order valence-electron chi connectivity index (χ0n) is 11.7. The van der Waals surface area contributed by atoms with Crippen molar-refractivity contribution >= 4 is 22.8 Å². The summed E-state index contributed by atoms with van der Waals surface area (Å²) in [7, 11) is 1.72. The summed E-state index contributed by atoms with van der Waals surface area (Å²) < 4.78 is 7.48. The number of imidazole rings is 1. The van der Waals surface area contributed by atoms with E-state index in [0.29, 0.717) is 12.5 Å². The summed E-state index contributed by atoms with van der Waals surface area (Å²) in [4.78, 5) is 9.19. The molecule has 0 amide bonds. The fourth-order valence-corrected chi connectivity index (χ4v) is 2.59. The minimum atomic E-state index is 0.239. The first-order chi connectivity index (χ1) is 9.21. The molecule has 4 nitrogen and oxygen atoms in total. The fraction of sp³-hybridized carbons (Fsp3) is 0.571. The number of ether oxygens (including phenoxy) is 1. The van der Waals surface area contributed by atoms with E-state index in [1.54, 1.807) is 7.11 Å². The van der Waals surface area contributed by atoms with Gasteiger partial charge in [-0.25, -0.2) is 9.97 Å². The second-order valence-electron chi connectivity index (χ2n) is 4.72. The number of halogens is 1. The summed E-state index contributed by atoms with van der Waals surface area (Å²) in [5.74, 6) is 1.25. The van der Waals surface area contributed by atoms with Crippen LogP contribution in [-0.2, 0) is 10.6 Å². The zero-order valence-corrected chi connectivity index (χ0v) is 12.4. The molecule has 19 heavy (non-hydrogen) atoms. The molecule has 0 saturated carbocycles. The van der Waals surface area contributed by atoms with E-state index in [9.17, 15) is 0 Å². The first-order valence-electron chi connectivity index (χ1n) is 6.60. The van der Waals surface area contributed by atoms with Gasteiger partial charge in [0.2, 0.25) is 0 Å². The van der Waals surface area contributed by atoms with Gasteiger partial charge in [-0.15, -0.1) is 11.6 Å². The molecule has 5 heteroatoms. The van der Waals surface area contributed by atoms with Gasteiger partial charge >= 0.3 is 0 Å². The van der Waals surface area contributed by atoms with Gasteiger partial charge in [0.15, 0.2) is 5.65 Å². The van der Waals surface area contributed by atoms with Crippen LogP contribution in [0.2, 0.25) is 0 Å². The molecule has 2 aromatic heterocycles. The zero-order chi connectivity index (χ0) is 13.8. The SMILES string of the molecule is CCCC(COC)n1c(CCl)nc2ccc(C)nc21. The van der Waals surface area contributed by atoms with Crippen molar-refractivity contribution < 1.29 is 4.74 Å². The van der Waals surface area contributed by atoms with Crippen LogP contribution in [0.3, 0.4) is 0 Å². The van der Waals surface area contributed by atoms with Crippen molar-refractivity contribution in [2.75, 3.05) is 13.7 Å². The maximum atomic E-state index is 6.04. The highest BCUT2D eigenvalue weighted by Crippen LogP contribution is 2.24. The van der Waals surface area contributed by atoms with Gasteiger partial charge in [-0.1, -0.05) is 13.3 Å². The topological polar surface area (TPSA) is 39.9 Å². The Hall–Kier alpha value is -1.13. The maximum absolute atomic E-state index is 6.04. The van der Waals surface area contributed by atoms with Crippen LogP contribution in [-0.4, -0.2) is 28.3 Å². The Labute approximate surface area is 118 Å². The molecule has 0 fully saturated rings. The lowest BCUT2D eigenvalue weighted by Gasteiger charge is -2.19. The molecule has 0 saturated heterocycles. The van der Waals surface area contributed by atoms with Crippen molar-refractivity contribution in [1.29, 1.82) is 0 Å². The summed E-state index contributed by atoms with van der Waals surface area (Å²) in [6.45, 7) is 4.81. The lowest BCUT2D eigenvalue weighted by Crippen LogP contribution is -2.17. The number of hydrogen-bond acceptors (Lipinski definition) is 3. The van der Waals surface area contributed by atoms with Crippen molar-refractivity contribution in [2.24, 2.45) is 0 Å².